The molecule has 2 atom stereocenters. The first-order valence-electron chi connectivity index (χ1n) is 8.49. The number of fused-ring (bicyclic) bond motifs is 1. The molecule has 0 saturated heterocycles. The van der Waals surface area contributed by atoms with Gasteiger partial charge in [-0.05, 0) is 55.0 Å². The molecule has 0 fully saturated rings. The zero-order chi connectivity index (χ0) is 16.9. The Kier molecular flexibility index (Phi) is 5.54. The van der Waals surface area contributed by atoms with Crippen LogP contribution in [-0.2, 0) is 11.2 Å². The van der Waals surface area contributed by atoms with E-state index in [0.717, 1.165) is 29.8 Å². The summed E-state index contributed by atoms with van der Waals surface area (Å²) < 4.78 is 0. The second-order valence-electron chi connectivity index (χ2n) is 6.37. The highest BCUT2D eigenvalue weighted by Crippen LogP contribution is 2.29. The van der Waals surface area contributed by atoms with Crippen LogP contribution in [0, 0.1) is 0 Å². The Morgan fingerprint density at radius 2 is 1.96 bits per heavy atom. The fourth-order valence-electron chi connectivity index (χ4n) is 3.26. The first kappa shape index (κ1) is 17.0. The van der Waals surface area contributed by atoms with Crippen molar-refractivity contribution in [3.63, 3.8) is 0 Å². The maximum atomic E-state index is 12.3. The topological polar surface area (TPSA) is 41.1 Å². The Hall–Kier alpha value is -1.84. The minimum Gasteiger partial charge on any atom is -0.348 e. The summed E-state index contributed by atoms with van der Waals surface area (Å²) in [6.07, 6.45) is 3.24. The van der Waals surface area contributed by atoms with Crippen molar-refractivity contribution in [3.05, 3.63) is 70.2 Å². The van der Waals surface area contributed by atoms with Gasteiger partial charge in [-0.25, -0.2) is 0 Å². The number of carbonyl (C=O) groups is 1. The maximum absolute atomic E-state index is 12.3. The van der Waals surface area contributed by atoms with E-state index < -0.39 is 0 Å². The molecule has 126 valence electrons. The lowest BCUT2D eigenvalue weighted by molar-refractivity contribution is -0.121. The van der Waals surface area contributed by atoms with Crippen molar-refractivity contribution in [2.24, 2.45) is 0 Å². The summed E-state index contributed by atoms with van der Waals surface area (Å²) in [4.78, 5) is 12.3. The average Bonchev–Trinajstić information content (AvgIpc) is 2.61. The van der Waals surface area contributed by atoms with Crippen LogP contribution in [-0.4, -0.2) is 12.5 Å². The number of amides is 1. The third-order valence-electron chi connectivity index (χ3n) is 4.64. The van der Waals surface area contributed by atoms with Crippen LogP contribution in [0.25, 0.3) is 0 Å². The summed E-state index contributed by atoms with van der Waals surface area (Å²) >= 11 is 5.91. The lowest BCUT2D eigenvalue weighted by Crippen LogP contribution is -2.38. The second-order valence-corrected chi connectivity index (χ2v) is 6.80. The molecule has 0 aliphatic heterocycles. The number of aryl methyl sites for hydroxylation is 1. The predicted octanol–water partition coefficient (Wildman–Crippen LogP) is 4.18. The molecule has 3 nitrogen and oxygen atoms in total. The van der Waals surface area contributed by atoms with Crippen molar-refractivity contribution in [2.75, 3.05) is 6.54 Å². The van der Waals surface area contributed by atoms with E-state index in [-0.39, 0.29) is 18.0 Å². The highest BCUT2D eigenvalue weighted by molar-refractivity contribution is 6.30. The molecule has 0 heterocycles. The number of rotatable bonds is 5. The molecule has 4 heteroatoms. The van der Waals surface area contributed by atoms with Gasteiger partial charge >= 0.3 is 0 Å². The molecule has 1 amide bonds. The molecule has 3 rings (SSSR count). The molecular formula is C20H23ClN2O. The van der Waals surface area contributed by atoms with Gasteiger partial charge in [0.25, 0.3) is 0 Å². The van der Waals surface area contributed by atoms with Crippen molar-refractivity contribution >= 4 is 17.5 Å². The molecule has 1 aliphatic carbocycles. The highest BCUT2D eigenvalue weighted by atomic mass is 35.5. The summed E-state index contributed by atoms with van der Waals surface area (Å²) in [5.41, 5.74) is 3.75. The summed E-state index contributed by atoms with van der Waals surface area (Å²) in [5.74, 6) is 0.0394. The second kappa shape index (κ2) is 7.82. The van der Waals surface area contributed by atoms with E-state index in [9.17, 15) is 4.79 Å². The summed E-state index contributed by atoms with van der Waals surface area (Å²) in [6, 6.07) is 16.3. The Morgan fingerprint density at radius 3 is 2.75 bits per heavy atom. The van der Waals surface area contributed by atoms with Crippen LogP contribution >= 0.6 is 11.6 Å². The fourth-order valence-corrected chi connectivity index (χ4v) is 3.39. The van der Waals surface area contributed by atoms with E-state index in [4.69, 9.17) is 11.6 Å². The Bertz CT molecular complexity index is 699. The first-order valence-corrected chi connectivity index (χ1v) is 8.87. The van der Waals surface area contributed by atoms with Crippen LogP contribution in [0.5, 0.6) is 0 Å². The van der Waals surface area contributed by atoms with Crippen molar-refractivity contribution < 1.29 is 4.79 Å². The van der Waals surface area contributed by atoms with Crippen LogP contribution < -0.4 is 10.6 Å². The molecule has 0 unspecified atom stereocenters. The number of halogens is 1. The fraction of sp³-hybridized carbons (Fsp3) is 0.350. The van der Waals surface area contributed by atoms with Crippen LogP contribution in [0.15, 0.2) is 48.5 Å². The van der Waals surface area contributed by atoms with Crippen molar-refractivity contribution in [1.82, 2.24) is 10.6 Å². The Labute approximate surface area is 148 Å². The summed E-state index contributed by atoms with van der Waals surface area (Å²) in [7, 11) is 0. The molecule has 1 aliphatic rings. The van der Waals surface area contributed by atoms with E-state index in [1.807, 2.05) is 37.3 Å². The van der Waals surface area contributed by atoms with Crippen LogP contribution in [0.2, 0.25) is 5.02 Å². The van der Waals surface area contributed by atoms with Gasteiger partial charge in [0.1, 0.15) is 0 Å². The van der Waals surface area contributed by atoms with Gasteiger partial charge < -0.3 is 10.6 Å². The molecular weight excluding hydrogens is 320 g/mol. The molecule has 0 aromatic heterocycles. The van der Waals surface area contributed by atoms with Gasteiger partial charge in [-0.15, -0.1) is 0 Å². The number of benzene rings is 2. The van der Waals surface area contributed by atoms with E-state index >= 15 is 0 Å². The molecule has 0 saturated carbocycles. The monoisotopic (exact) mass is 342 g/mol. The van der Waals surface area contributed by atoms with E-state index in [1.165, 1.54) is 11.1 Å². The van der Waals surface area contributed by atoms with Crippen LogP contribution in [0.1, 0.15) is 48.5 Å². The van der Waals surface area contributed by atoms with E-state index in [2.05, 4.69) is 28.8 Å². The molecule has 0 bridgehead atoms. The average molecular weight is 343 g/mol. The molecule has 0 radical (unpaired) electrons. The minimum atomic E-state index is 0.0394. The molecule has 0 spiro atoms. The van der Waals surface area contributed by atoms with Gasteiger partial charge in [-0.2, -0.15) is 0 Å². The Balaban J connectivity index is 1.54. The van der Waals surface area contributed by atoms with Crippen LogP contribution in [0.4, 0.5) is 0 Å². The number of hydrogen-bond acceptors (Lipinski definition) is 2. The van der Waals surface area contributed by atoms with Crippen molar-refractivity contribution in [3.8, 4) is 0 Å². The van der Waals surface area contributed by atoms with Gasteiger partial charge in [-0.3, -0.25) is 4.79 Å². The van der Waals surface area contributed by atoms with Gasteiger partial charge in [0, 0.05) is 11.1 Å². The summed E-state index contributed by atoms with van der Waals surface area (Å²) in [6.45, 7) is 2.36. The van der Waals surface area contributed by atoms with Gasteiger partial charge in [-0.1, -0.05) is 48.0 Å². The zero-order valence-electron chi connectivity index (χ0n) is 13.9. The minimum absolute atomic E-state index is 0.0394. The zero-order valence-corrected chi connectivity index (χ0v) is 14.6. The molecule has 2 aromatic rings. The lowest BCUT2D eigenvalue weighted by Gasteiger charge is -2.26. The molecule has 2 aromatic carbocycles. The quantitative estimate of drug-likeness (QED) is 0.855. The predicted molar refractivity (Wildman–Crippen MR) is 98.1 cm³/mol. The number of carbonyl (C=O) groups excluding carboxylic acids is 1. The van der Waals surface area contributed by atoms with Crippen molar-refractivity contribution in [1.29, 1.82) is 0 Å². The molecule has 24 heavy (non-hydrogen) atoms. The number of nitrogens with one attached hydrogen (secondary N) is 2. The van der Waals surface area contributed by atoms with Gasteiger partial charge in [0.2, 0.25) is 5.91 Å². The third kappa shape index (κ3) is 4.16. The highest BCUT2D eigenvalue weighted by Gasteiger charge is 2.21. The van der Waals surface area contributed by atoms with Crippen molar-refractivity contribution in [2.45, 2.75) is 38.3 Å². The van der Waals surface area contributed by atoms with Gasteiger partial charge in [0.05, 0.1) is 12.6 Å². The van der Waals surface area contributed by atoms with Gasteiger partial charge in [0.15, 0.2) is 0 Å². The van der Waals surface area contributed by atoms with Crippen LogP contribution in [0.3, 0.4) is 0 Å². The third-order valence-corrected chi connectivity index (χ3v) is 4.90. The normalized spacial score (nSPS) is 17.8. The summed E-state index contributed by atoms with van der Waals surface area (Å²) in [5, 5.41) is 7.17. The van der Waals surface area contributed by atoms with E-state index in [0.29, 0.717) is 6.54 Å². The first-order chi connectivity index (χ1) is 11.6. The largest absolute Gasteiger partial charge is 0.348 e. The maximum Gasteiger partial charge on any atom is 0.234 e. The smallest absolute Gasteiger partial charge is 0.234 e. The standard InChI is InChI=1S/C20H23ClN2O/c1-14(15-9-11-17(21)12-10-15)22-13-20(24)23-19-8-4-6-16-5-2-3-7-18(16)19/h2-3,5,7,9-12,14,19,22H,4,6,8,13H2,1H3,(H,23,24)/t14-,19-/m1/s1. The Morgan fingerprint density at radius 1 is 1.21 bits per heavy atom. The lowest BCUT2D eigenvalue weighted by atomic mass is 9.88. The molecule has 2 N–H and O–H groups in total. The SMILES string of the molecule is C[C@@H](NCC(=O)N[C@@H]1CCCc2ccccc21)c1ccc(Cl)cc1. The number of hydrogen-bond donors (Lipinski definition) is 2. The van der Waals surface area contributed by atoms with E-state index in [1.54, 1.807) is 0 Å².